The van der Waals surface area contributed by atoms with E-state index in [0.29, 0.717) is 23.5 Å². The Morgan fingerprint density at radius 3 is 1.61 bits per heavy atom. The maximum Gasteiger partial charge on any atom is 0.164 e. The maximum absolute atomic E-state index is 5.02. The van der Waals surface area contributed by atoms with Crippen molar-refractivity contribution in [1.82, 2.24) is 24.1 Å². The third-order valence-corrected chi connectivity index (χ3v) is 12.3. The van der Waals surface area contributed by atoms with Crippen LogP contribution in [0, 0.1) is 0 Å². The van der Waals surface area contributed by atoms with Crippen molar-refractivity contribution in [3.05, 3.63) is 218 Å². The lowest BCUT2D eigenvalue weighted by molar-refractivity contribution is 0.648. The zero-order chi connectivity index (χ0) is 41.0. The number of hydrogen-bond acceptors (Lipinski definition) is 3. The van der Waals surface area contributed by atoms with E-state index in [0.717, 1.165) is 45.4 Å². The zero-order valence-electron chi connectivity index (χ0n) is 33.8. The van der Waals surface area contributed by atoms with Gasteiger partial charge < -0.3 is 9.13 Å². The van der Waals surface area contributed by atoms with Gasteiger partial charge in [-0.2, -0.15) is 0 Å². The molecular weight excluding hydrogens is 755 g/mol. The molecule has 1 aliphatic carbocycles. The van der Waals surface area contributed by atoms with Gasteiger partial charge in [0.2, 0.25) is 0 Å². The van der Waals surface area contributed by atoms with Crippen molar-refractivity contribution < 1.29 is 0 Å². The van der Waals surface area contributed by atoms with Crippen LogP contribution in [0.5, 0.6) is 0 Å². The van der Waals surface area contributed by atoms with Crippen LogP contribution in [-0.2, 0) is 0 Å². The topological polar surface area (TPSA) is 48.5 Å². The Morgan fingerprint density at radius 2 is 0.887 bits per heavy atom. The zero-order valence-corrected chi connectivity index (χ0v) is 33.8. The average Bonchev–Trinajstić information content (AvgIpc) is 3.87. The number of aromatic nitrogens is 5. The SMILES string of the molecule is C1=CCC(n2c3ccccc3c3cc(-c4cccc(-n5c6ccccc6c6ccc(-c7cccc(-c8nc(-c9ccccc9)nc(-c9ccccc9)n8)c7)cc65)c4)ccc32)C=C1. The molecule has 292 valence electrons. The van der Waals surface area contributed by atoms with Crippen LogP contribution in [0.2, 0.25) is 0 Å². The molecule has 1 atom stereocenters. The van der Waals surface area contributed by atoms with Gasteiger partial charge in [-0.15, -0.1) is 0 Å². The highest BCUT2D eigenvalue weighted by Gasteiger charge is 2.19. The molecule has 0 N–H and O–H groups in total. The third kappa shape index (κ3) is 6.13. The molecule has 62 heavy (non-hydrogen) atoms. The molecule has 0 aliphatic heterocycles. The molecule has 0 bridgehead atoms. The molecule has 12 rings (SSSR count). The lowest BCUT2D eigenvalue weighted by Crippen LogP contribution is -2.06. The molecule has 0 fully saturated rings. The van der Waals surface area contributed by atoms with E-state index < -0.39 is 0 Å². The highest BCUT2D eigenvalue weighted by atomic mass is 15.0. The van der Waals surface area contributed by atoms with Crippen LogP contribution in [0.15, 0.2) is 218 Å². The fourth-order valence-corrected chi connectivity index (χ4v) is 9.33. The molecule has 0 radical (unpaired) electrons. The van der Waals surface area contributed by atoms with Crippen molar-refractivity contribution in [1.29, 1.82) is 0 Å². The molecule has 3 aromatic heterocycles. The minimum atomic E-state index is 0.295. The van der Waals surface area contributed by atoms with E-state index in [1.54, 1.807) is 0 Å². The van der Waals surface area contributed by atoms with Crippen LogP contribution >= 0.6 is 0 Å². The first-order valence-corrected chi connectivity index (χ1v) is 21.2. The summed E-state index contributed by atoms with van der Waals surface area (Å²) >= 11 is 0. The summed E-state index contributed by atoms with van der Waals surface area (Å²) in [6.07, 6.45) is 9.89. The van der Waals surface area contributed by atoms with E-state index in [2.05, 4.69) is 167 Å². The lowest BCUT2D eigenvalue weighted by atomic mass is 10.0. The first kappa shape index (κ1) is 35.8. The second kappa shape index (κ2) is 14.8. The van der Waals surface area contributed by atoms with Gasteiger partial charge in [-0.3, -0.25) is 0 Å². The normalized spacial score (nSPS) is 13.8. The number of allylic oxidation sites excluding steroid dienone is 4. The molecule has 8 aromatic carbocycles. The van der Waals surface area contributed by atoms with Gasteiger partial charge in [0.05, 0.1) is 17.1 Å². The van der Waals surface area contributed by atoms with E-state index in [9.17, 15) is 0 Å². The molecule has 3 heterocycles. The van der Waals surface area contributed by atoms with E-state index in [4.69, 9.17) is 15.0 Å². The Bertz CT molecular complexity index is 3500. The summed E-state index contributed by atoms with van der Waals surface area (Å²) in [7, 11) is 0. The van der Waals surface area contributed by atoms with Gasteiger partial charge >= 0.3 is 0 Å². The van der Waals surface area contributed by atoms with Crippen LogP contribution in [0.25, 0.3) is 106 Å². The standard InChI is InChI=1S/C57H39N5/c1-4-16-38(17-5-1)55-58-56(39-18-6-2-7-19-39)60-57(59-55)44-22-14-20-40(34-44)43-30-32-49-47-26-10-12-28-51(47)62(54(49)37-43)46-25-15-21-41(35-46)42-31-33-53-50(36-42)48-27-11-13-29-52(48)61(53)45-23-8-3-9-24-45/h1-23,25-37,45H,24H2. The Kier molecular flexibility index (Phi) is 8.56. The highest BCUT2D eigenvalue weighted by Crippen LogP contribution is 2.39. The maximum atomic E-state index is 5.02. The predicted molar refractivity (Wildman–Crippen MR) is 256 cm³/mol. The van der Waals surface area contributed by atoms with Crippen LogP contribution in [0.4, 0.5) is 0 Å². The summed E-state index contributed by atoms with van der Waals surface area (Å²) in [6, 6.07) is 69.4. The van der Waals surface area contributed by atoms with Crippen molar-refractivity contribution >= 4 is 43.6 Å². The fourth-order valence-electron chi connectivity index (χ4n) is 9.33. The van der Waals surface area contributed by atoms with Crippen molar-refractivity contribution in [2.24, 2.45) is 0 Å². The highest BCUT2D eigenvalue weighted by molar-refractivity contribution is 6.11. The largest absolute Gasteiger partial charge is 0.333 e. The summed E-state index contributed by atoms with van der Waals surface area (Å²) < 4.78 is 4.92. The number of benzene rings is 8. The van der Waals surface area contributed by atoms with Gasteiger partial charge in [0.15, 0.2) is 17.5 Å². The number of rotatable bonds is 7. The van der Waals surface area contributed by atoms with E-state index in [1.165, 1.54) is 49.2 Å². The van der Waals surface area contributed by atoms with Gasteiger partial charge in [-0.05, 0) is 77.2 Å². The molecule has 1 unspecified atom stereocenters. The van der Waals surface area contributed by atoms with Gasteiger partial charge in [0, 0.05) is 55.0 Å². The van der Waals surface area contributed by atoms with Crippen LogP contribution in [-0.4, -0.2) is 24.1 Å². The number of hydrogen-bond donors (Lipinski definition) is 0. The van der Waals surface area contributed by atoms with Crippen molar-refractivity contribution in [3.63, 3.8) is 0 Å². The molecule has 0 saturated heterocycles. The average molecular weight is 794 g/mol. The molecule has 0 amide bonds. The Morgan fingerprint density at radius 1 is 0.355 bits per heavy atom. The second-order valence-corrected chi connectivity index (χ2v) is 16.0. The molecular formula is C57H39N5. The number of para-hydroxylation sites is 2. The van der Waals surface area contributed by atoms with Crippen LogP contribution < -0.4 is 0 Å². The summed E-state index contributed by atoms with van der Waals surface area (Å²) in [4.78, 5) is 15.0. The molecule has 0 saturated carbocycles. The minimum absolute atomic E-state index is 0.295. The Balaban J connectivity index is 0.964. The summed E-state index contributed by atoms with van der Waals surface area (Å²) in [5.74, 6) is 1.93. The van der Waals surface area contributed by atoms with Gasteiger partial charge in [0.1, 0.15) is 0 Å². The van der Waals surface area contributed by atoms with Crippen molar-refractivity contribution in [2.75, 3.05) is 0 Å². The van der Waals surface area contributed by atoms with Crippen molar-refractivity contribution in [2.45, 2.75) is 12.5 Å². The molecule has 0 spiro atoms. The summed E-state index contributed by atoms with van der Waals surface area (Å²) in [5, 5.41) is 5.00. The Labute approximate surface area is 359 Å². The molecule has 5 heteroatoms. The van der Waals surface area contributed by atoms with Crippen LogP contribution in [0.3, 0.4) is 0 Å². The monoisotopic (exact) mass is 793 g/mol. The van der Waals surface area contributed by atoms with E-state index in [1.807, 2.05) is 60.7 Å². The fraction of sp³-hybridized carbons (Fsp3) is 0.0351. The van der Waals surface area contributed by atoms with Gasteiger partial charge in [-0.25, -0.2) is 15.0 Å². The number of fused-ring (bicyclic) bond motifs is 6. The minimum Gasteiger partial charge on any atom is -0.333 e. The van der Waals surface area contributed by atoms with Gasteiger partial charge in [-0.1, -0.05) is 170 Å². The first-order valence-electron chi connectivity index (χ1n) is 21.2. The first-order chi connectivity index (χ1) is 30.7. The van der Waals surface area contributed by atoms with Gasteiger partial charge in [0.25, 0.3) is 0 Å². The molecule has 1 aliphatic rings. The van der Waals surface area contributed by atoms with E-state index >= 15 is 0 Å². The lowest BCUT2D eigenvalue weighted by Gasteiger charge is -2.18. The Hall–Kier alpha value is -8.15. The van der Waals surface area contributed by atoms with Crippen LogP contribution in [0.1, 0.15) is 12.5 Å². The third-order valence-electron chi connectivity index (χ3n) is 12.3. The van der Waals surface area contributed by atoms with Crippen molar-refractivity contribution in [3.8, 4) is 62.1 Å². The smallest absolute Gasteiger partial charge is 0.164 e. The number of nitrogens with zero attached hydrogens (tertiary/aromatic N) is 5. The summed E-state index contributed by atoms with van der Waals surface area (Å²) in [5.41, 5.74) is 13.4. The van der Waals surface area contributed by atoms with E-state index in [-0.39, 0.29) is 0 Å². The second-order valence-electron chi connectivity index (χ2n) is 16.0. The quantitative estimate of drug-likeness (QED) is 0.161. The predicted octanol–water partition coefficient (Wildman–Crippen LogP) is 14.5. The summed E-state index contributed by atoms with van der Waals surface area (Å²) in [6.45, 7) is 0. The molecule has 11 aromatic rings. The molecule has 5 nitrogen and oxygen atoms in total.